The maximum atomic E-state index is 6.64. The summed E-state index contributed by atoms with van der Waals surface area (Å²) < 4.78 is 6.64. The van der Waals surface area contributed by atoms with Crippen LogP contribution < -0.4 is 4.74 Å². The number of aryl methyl sites for hydroxylation is 1. The van der Waals surface area contributed by atoms with Gasteiger partial charge in [0.05, 0.1) is 0 Å². The molecule has 170 valence electrons. The average molecular weight is 453 g/mol. The number of ether oxygens (including phenoxy) is 1. The fraction of sp³-hybridized carbons (Fsp3) is 0.118. The molecule has 0 N–H and O–H groups in total. The molecule has 5 aromatic rings. The summed E-state index contributed by atoms with van der Waals surface area (Å²) in [5, 5.41) is 2.45. The largest absolute Gasteiger partial charge is 0.488 e. The van der Waals surface area contributed by atoms with Crippen LogP contribution in [0.15, 0.2) is 115 Å². The molecular formula is C34H28O. The monoisotopic (exact) mass is 452 g/mol. The van der Waals surface area contributed by atoms with E-state index in [9.17, 15) is 0 Å². The standard InChI is InChI=1S/C34H28O/c1-3-12-25(13-4-1)16-11-21-32-30-23-22-27-17-7-8-18-28(27)33(30)29-19-9-10-20-31(29)34(32)35-24-26-14-5-2-6-15-26/h1-15,17-21H,16,22-24H2/b21-11-. The van der Waals surface area contributed by atoms with Crippen LogP contribution in [0.25, 0.3) is 28.0 Å². The molecule has 0 atom stereocenters. The Labute approximate surface area is 207 Å². The topological polar surface area (TPSA) is 9.23 Å². The Kier molecular flexibility index (Phi) is 5.90. The first-order valence-electron chi connectivity index (χ1n) is 12.4. The molecule has 0 saturated carbocycles. The average Bonchev–Trinajstić information content (AvgIpc) is 2.93. The Hall–Kier alpha value is -4.10. The molecule has 0 aromatic heterocycles. The second kappa shape index (κ2) is 9.64. The van der Waals surface area contributed by atoms with Crippen molar-refractivity contribution in [2.75, 3.05) is 0 Å². The van der Waals surface area contributed by atoms with Gasteiger partial charge in [-0.25, -0.2) is 0 Å². The van der Waals surface area contributed by atoms with Crippen molar-refractivity contribution in [2.24, 2.45) is 0 Å². The molecule has 0 amide bonds. The van der Waals surface area contributed by atoms with E-state index in [1.165, 1.54) is 49.7 Å². The van der Waals surface area contributed by atoms with Crippen molar-refractivity contribution in [2.45, 2.75) is 25.9 Å². The molecular weight excluding hydrogens is 424 g/mol. The first-order chi connectivity index (χ1) is 17.4. The molecule has 1 nitrogen and oxygen atoms in total. The van der Waals surface area contributed by atoms with E-state index in [4.69, 9.17) is 4.74 Å². The van der Waals surface area contributed by atoms with Gasteiger partial charge >= 0.3 is 0 Å². The van der Waals surface area contributed by atoms with E-state index in [0.717, 1.165) is 25.0 Å². The lowest BCUT2D eigenvalue weighted by Gasteiger charge is -2.26. The Balaban J connectivity index is 1.52. The summed E-state index contributed by atoms with van der Waals surface area (Å²) in [5.41, 5.74) is 9.28. The van der Waals surface area contributed by atoms with Crippen molar-refractivity contribution in [1.82, 2.24) is 0 Å². The van der Waals surface area contributed by atoms with Gasteiger partial charge in [-0.1, -0.05) is 121 Å². The Morgan fingerprint density at radius 3 is 2.09 bits per heavy atom. The van der Waals surface area contributed by atoms with Gasteiger partial charge in [0, 0.05) is 10.9 Å². The van der Waals surface area contributed by atoms with Crippen LogP contribution in [0.5, 0.6) is 5.75 Å². The van der Waals surface area contributed by atoms with Crippen molar-refractivity contribution in [3.05, 3.63) is 143 Å². The van der Waals surface area contributed by atoms with Crippen molar-refractivity contribution in [1.29, 1.82) is 0 Å². The minimum atomic E-state index is 0.555. The zero-order valence-corrected chi connectivity index (χ0v) is 19.8. The number of rotatable bonds is 6. The van der Waals surface area contributed by atoms with Crippen LogP contribution in [-0.4, -0.2) is 0 Å². The number of hydrogen-bond acceptors (Lipinski definition) is 1. The fourth-order valence-corrected chi connectivity index (χ4v) is 5.28. The second-order valence-corrected chi connectivity index (χ2v) is 9.17. The molecule has 35 heavy (non-hydrogen) atoms. The van der Waals surface area contributed by atoms with Crippen LogP contribution in [0.3, 0.4) is 0 Å². The molecule has 1 heteroatoms. The van der Waals surface area contributed by atoms with Crippen LogP contribution in [0.1, 0.15) is 27.8 Å². The summed E-state index contributed by atoms with van der Waals surface area (Å²) in [5.74, 6) is 0.992. The molecule has 0 fully saturated rings. The third kappa shape index (κ3) is 4.26. The Bertz CT molecular complexity index is 1500. The van der Waals surface area contributed by atoms with Gasteiger partial charge in [0.2, 0.25) is 0 Å². The summed E-state index contributed by atoms with van der Waals surface area (Å²) in [6.07, 6.45) is 7.56. The summed E-state index contributed by atoms with van der Waals surface area (Å²) in [4.78, 5) is 0. The zero-order chi connectivity index (χ0) is 23.5. The van der Waals surface area contributed by atoms with E-state index < -0.39 is 0 Å². The normalized spacial score (nSPS) is 12.5. The molecule has 0 heterocycles. The highest BCUT2D eigenvalue weighted by atomic mass is 16.5. The SMILES string of the molecule is C(=C/c1c2c(c3ccccc3c1OCc1ccccc1)-c1ccccc1CC2)/Cc1ccccc1. The van der Waals surface area contributed by atoms with Crippen LogP contribution in [0, 0.1) is 0 Å². The van der Waals surface area contributed by atoms with Gasteiger partial charge in [0.15, 0.2) is 0 Å². The third-order valence-electron chi connectivity index (χ3n) is 6.95. The molecule has 0 radical (unpaired) electrons. The van der Waals surface area contributed by atoms with Gasteiger partial charge in [0.25, 0.3) is 0 Å². The molecule has 0 aliphatic heterocycles. The lowest BCUT2D eigenvalue weighted by atomic mass is 9.80. The predicted octanol–water partition coefficient (Wildman–Crippen LogP) is 8.44. The minimum Gasteiger partial charge on any atom is -0.488 e. The van der Waals surface area contributed by atoms with Crippen molar-refractivity contribution < 1.29 is 4.74 Å². The number of allylic oxidation sites excluding steroid dienone is 1. The predicted molar refractivity (Wildman–Crippen MR) is 147 cm³/mol. The maximum absolute atomic E-state index is 6.64. The van der Waals surface area contributed by atoms with Crippen molar-refractivity contribution in [3.63, 3.8) is 0 Å². The number of hydrogen-bond donors (Lipinski definition) is 0. The first kappa shape index (κ1) is 21.4. The van der Waals surface area contributed by atoms with Gasteiger partial charge in [-0.15, -0.1) is 0 Å². The van der Waals surface area contributed by atoms with Crippen molar-refractivity contribution in [3.8, 4) is 16.9 Å². The van der Waals surface area contributed by atoms with Crippen molar-refractivity contribution >= 4 is 16.8 Å². The maximum Gasteiger partial charge on any atom is 0.135 e. The van der Waals surface area contributed by atoms with Gasteiger partial charge in [0.1, 0.15) is 12.4 Å². The lowest BCUT2D eigenvalue weighted by Crippen LogP contribution is -2.09. The molecule has 0 unspecified atom stereocenters. The van der Waals surface area contributed by atoms with E-state index in [1.807, 2.05) is 6.07 Å². The molecule has 6 rings (SSSR count). The molecule has 1 aliphatic carbocycles. The molecule has 0 saturated heterocycles. The van der Waals surface area contributed by atoms with Gasteiger partial charge in [-0.3, -0.25) is 0 Å². The summed E-state index contributed by atoms with van der Waals surface area (Å²) in [6.45, 7) is 0.555. The minimum absolute atomic E-state index is 0.555. The zero-order valence-electron chi connectivity index (χ0n) is 19.8. The van der Waals surface area contributed by atoms with Crippen LogP contribution in [0.4, 0.5) is 0 Å². The Morgan fingerprint density at radius 2 is 1.29 bits per heavy atom. The summed E-state index contributed by atoms with van der Waals surface area (Å²) >= 11 is 0. The fourth-order valence-electron chi connectivity index (χ4n) is 5.28. The van der Waals surface area contributed by atoms with Crippen LogP contribution in [-0.2, 0) is 25.9 Å². The number of benzene rings is 5. The van der Waals surface area contributed by atoms with E-state index in [-0.39, 0.29) is 0 Å². The van der Waals surface area contributed by atoms with Gasteiger partial charge in [-0.2, -0.15) is 0 Å². The summed E-state index contributed by atoms with van der Waals surface area (Å²) in [6, 6.07) is 38.7. The van der Waals surface area contributed by atoms with Crippen LogP contribution >= 0.6 is 0 Å². The lowest BCUT2D eigenvalue weighted by molar-refractivity contribution is 0.309. The Morgan fingerprint density at radius 1 is 0.629 bits per heavy atom. The first-order valence-corrected chi connectivity index (χ1v) is 12.4. The molecule has 0 spiro atoms. The smallest absolute Gasteiger partial charge is 0.135 e. The highest BCUT2D eigenvalue weighted by Crippen LogP contribution is 2.46. The quantitative estimate of drug-likeness (QED) is 0.251. The highest BCUT2D eigenvalue weighted by molar-refractivity contribution is 6.05. The van der Waals surface area contributed by atoms with E-state index in [2.05, 4.69) is 115 Å². The van der Waals surface area contributed by atoms with Gasteiger partial charge in [-0.05, 0) is 58.0 Å². The summed E-state index contributed by atoms with van der Waals surface area (Å²) in [7, 11) is 0. The number of fused-ring (bicyclic) bond motifs is 5. The molecule has 0 bridgehead atoms. The third-order valence-corrected chi connectivity index (χ3v) is 6.95. The van der Waals surface area contributed by atoms with Gasteiger partial charge < -0.3 is 4.74 Å². The van der Waals surface area contributed by atoms with Crippen LogP contribution in [0.2, 0.25) is 0 Å². The molecule has 5 aromatic carbocycles. The van der Waals surface area contributed by atoms with E-state index >= 15 is 0 Å². The second-order valence-electron chi connectivity index (χ2n) is 9.17. The van der Waals surface area contributed by atoms with E-state index in [1.54, 1.807) is 0 Å². The van der Waals surface area contributed by atoms with E-state index in [0.29, 0.717) is 6.61 Å². The highest BCUT2D eigenvalue weighted by Gasteiger charge is 2.24. The molecule has 1 aliphatic rings.